The monoisotopic (exact) mass is 282 g/mol. The zero-order valence-corrected chi connectivity index (χ0v) is 12.0. The van der Waals surface area contributed by atoms with Crippen LogP contribution in [0.3, 0.4) is 0 Å². The summed E-state index contributed by atoms with van der Waals surface area (Å²) < 4.78 is 5.36. The quantitative estimate of drug-likeness (QED) is 0.777. The van der Waals surface area contributed by atoms with Crippen LogP contribution >= 0.6 is 0 Å². The molecule has 0 aliphatic heterocycles. The number of fused-ring (bicyclic) bond motifs is 1. The van der Waals surface area contributed by atoms with Crippen molar-refractivity contribution in [3.8, 4) is 11.5 Å². The van der Waals surface area contributed by atoms with Crippen LogP contribution in [-0.2, 0) is 0 Å². The summed E-state index contributed by atoms with van der Waals surface area (Å²) in [6, 6.07) is 11.9. The Hall–Kier alpha value is -2.27. The van der Waals surface area contributed by atoms with Crippen molar-refractivity contribution < 1.29 is 4.52 Å². The second-order valence-corrected chi connectivity index (χ2v) is 5.07. The fraction of sp³-hybridized carbons (Fsp3) is 0.312. The number of hydrogen-bond acceptors (Lipinski definition) is 5. The highest BCUT2D eigenvalue weighted by Gasteiger charge is 2.18. The molecule has 2 heterocycles. The molecule has 2 N–H and O–H groups in total. The molecule has 108 valence electrons. The van der Waals surface area contributed by atoms with E-state index in [0.717, 1.165) is 29.4 Å². The lowest BCUT2D eigenvalue weighted by Gasteiger charge is -2.06. The minimum absolute atomic E-state index is 0.122. The highest BCUT2D eigenvalue weighted by atomic mass is 16.5. The second-order valence-electron chi connectivity index (χ2n) is 5.07. The number of nitrogens with zero attached hydrogens (tertiary/aromatic N) is 3. The summed E-state index contributed by atoms with van der Waals surface area (Å²) >= 11 is 0. The molecule has 1 aromatic carbocycles. The summed E-state index contributed by atoms with van der Waals surface area (Å²) in [6.45, 7) is 2.63. The second kappa shape index (κ2) is 6.01. The average Bonchev–Trinajstić information content (AvgIpc) is 3.02. The molecule has 3 aromatic rings. The maximum Gasteiger partial charge on any atom is 0.231 e. The van der Waals surface area contributed by atoms with E-state index in [4.69, 9.17) is 10.3 Å². The van der Waals surface area contributed by atoms with Gasteiger partial charge in [-0.05, 0) is 18.6 Å². The van der Waals surface area contributed by atoms with E-state index in [1.165, 1.54) is 0 Å². The summed E-state index contributed by atoms with van der Waals surface area (Å²) in [5.74, 6) is 1.24. The van der Waals surface area contributed by atoms with Gasteiger partial charge in [-0.25, -0.2) is 4.98 Å². The highest BCUT2D eigenvalue weighted by Crippen LogP contribution is 2.23. The van der Waals surface area contributed by atoms with Crippen LogP contribution < -0.4 is 5.73 Å². The Labute approximate surface area is 123 Å². The molecule has 1 atom stereocenters. The Morgan fingerprint density at radius 3 is 2.81 bits per heavy atom. The Balaban J connectivity index is 1.93. The topological polar surface area (TPSA) is 77.8 Å². The number of para-hydroxylation sites is 1. The predicted octanol–water partition coefficient (Wildman–Crippen LogP) is 3.13. The lowest BCUT2D eigenvalue weighted by Crippen LogP contribution is -2.12. The third-order valence-corrected chi connectivity index (χ3v) is 3.54. The lowest BCUT2D eigenvalue weighted by molar-refractivity contribution is 0.347. The van der Waals surface area contributed by atoms with Gasteiger partial charge in [0, 0.05) is 11.9 Å². The van der Waals surface area contributed by atoms with Gasteiger partial charge in [-0.2, -0.15) is 4.98 Å². The van der Waals surface area contributed by atoms with E-state index in [-0.39, 0.29) is 5.92 Å². The largest absolute Gasteiger partial charge is 0.339 e. The number of nitrogens with two attached hydrogens (primary N) is 1. The lowest BCUT2D eigenvalue weighted by atomic mass is 10.0. The first-order valence-corrected chi connectivity index (χ1v) is 7.21. The van der Waals surface area contributed by atoms with Crippen LogP contribution in [0, 0.1) is 0 Å². The molecule has 0 radical (unpaired) electrons. The van der Waals surface area contributed by atoms with Crippen molar-refractivity contribution in [2.45, 2.75) is 25.7 Å². The molecule has 0 aliphatic rings. The van der Waals surface area contributed by atoms with Crippen molar-refractivity contribution in [2.24, 2.45) is 5.73 Å². The number of rotatable bonds is 5. The van der Waals surface area contributed by atoms with Gasteiger partial charge in [0.25, 0.3) is 0 Å². The summed E-state index contributed by atoms with van der Waals surface area (Å²) in [4.78, 5) is 9.03. The highest BCUT2D eigenvalue weighted by molar-refractivity contribution is 5.80. The average molecular weight is 282 g/mol. The van der Waals surface area contributed by atoms with E-state index in [1.54, 1.807) is 0 Å². The van der Waals surface area contributed by atoms with Gasteiger partial charge >= 0.3 is 0 Å². The van der Waals surface area contributed by atoms with Gasteiger partial charge in [0.15, 0.2) is 0 Å². The first-order chi connectivity index (χ1) is 10.3. The van der Waals surface area contributed by atoms with Crippen LogP contribution in [0.5, 0.6) is 0 Å². The van der Waals surface area contributed by atoms with E-state index in [1.807, 2.05) is 36.4 Å². The molecule has 0 bridgehead atoms. The standard InChI is InChI=1S/C16H18N4O/c1-2-5-12(10-17)16-19-15(20-21-16)14-9-8-11-6-3-4-7-13(11)18-14/h3-4,6-9,12H,2,5,10,17H2,1H3. The van der Waals surface area contributed by atoms with Crippen molar-refractivity contribution in [3.05, 3.63) is 42.3 Å². The molecule has 5 nitrogen and oxygen atoms in total. The normalized spacial score (nSPS) is 12.7. The van der Waals surface area contributed by atoms with Gasteiger partial charge in [-0.3, -0.25) is 0 Å². The summed E-state index contributed by atoms with van der Waals surface area (Å²) in [7, 11) is 0. The number of hydrogen-bond donors (Lipinski definition) is 1. The first-order valence-electron chi connectivity index (χ1n) is 7.21. The van der Waals surface area contributed by atoms with E-state index in [2.05, 4.69) is 22.0 Å². The fourth-order valence-corrected chi connectivity index (χ4v) is 2.39. The van der Waals surface area contributed by atoms with Gasteiger partial charge in [0.1, 0.15) is 5.69 Å². The Bertz CT molecular complexity index is 738. The summed E-state index contributed by atoms with van der Waals surface area (Å²) in [5, 5.41) is 5.13. The van der Waals surface area contributed by atoms with Gasteiger partial charge in [0.05, 0.1) is 11.4 Å². The van der Waals surface area contributed by atoms with Crippen molar-refractivity contribution in [2.75, 3.05) is 6.54 Å². The maximum atomic E-state index is 5.77. The Morgan fingerprint density at radius 2 is 2.00 bits per heavy atom. The van der Waals surface area contributed by atoms with Gasteiger partial charge < -0.3 is 10.3 Å². The van der Waals surface area contributed by atoms with Crippen LogP contribution in [0.4, 0.5) is 0 Å². The predicted molar refractivity (Wildman–Crippen MR) is 81.7 cm³/mol. The maximum absolute atomic E-state index is 5.77. The molecule has 0 saturated heterocycles. The van der Waals surface area contributed by atoms with Crippen LogP contribution in [0.2, 0.25) is 0 Å². The van der Waals surface area contributed by atoms with Crippen molar-refractivity contribution >= 4 is 10.9 Å². The molecular weight excluding hydrogens is 264 g/mol. The van der Waals surface area contributed by atoms with Crippen LogP contribution in [0.15, 0.2) is 40.9 Å². The molecule has 0 fully saturated rings. The van der Waals surface area contributed by atoms with E-state index < -0.39 is 0 Å². The molecule has 3 rings (SSSR count). The van der Waals surface area contributed by atoms with Crippen LogP contribution in [-0.4, -0.2) is 21.7 Å². The van der Waals surface area contributed by atoms with Crippen molar-refractivity contribution in [3.63, 3.8) is 0 Å². The first kappa shape index (κ1) is 13.7. The minimum atomic E-state index is 0.122. The molecule has 2 aromatic heterocycles. The third-order valence-electron chi connectivity index (χ3n) is 3.54. The van der Waals surface area contributed by atoms with Crippen molar-refractivity contribution in [1.82, 2.24) is 15.1 Å². The molecule has 1 unspecified atom stereocenters. The zero-order chi connectivity index (χ0) is 14.7. The van der Waals surface area contributed by atoms with Gasteiger partial charge in [-0.1, -0.05) is 42.8 Å². The smallest absolute Gasteiger partial charge is 0.231 e. The number of aromatic nitrogens is 3. The molecule has 0 saturated carbocycles. The summed E-state index contributed by atoms with van der Waals surface area (Å²) in [6.07, 6.45) is 1.98. The molecule has 0 amide bonds. The summed E-state index contributed by atoms with van der Waals surface area (Å²) in [5.41, 5.74) is 7.41. The molecule has 0 spiro atoms. The Kier molecular flexibility index (Phi) is 3.92. The van der Waals surface area contributed by atoms with E-state index in [0.29, 0.717) is 18.3 Å². The molecule has 5 heteroatoms. The van der Waals surface area contributed by atoms with Gasteiger partial charge in [-0.15, -0.1) is 0 Å². The minimum Gasteiger partial charge on any atom is -0.339 e. The molecule has 0 aliphatic carbocycles. The zero-order valence-electron chi connectivity index (χ0n) is 12.0. The van der Waals surface area contributed by atoms with Crippen LogP contribution in [0.25, 0.3) is 22.4 Å². The third kappa shape index (κ3) is 2.78. The number of benzene rings is 1. The Morgan fingerprint density at radius 1 is 1.14 bits per heavy atom. The van der Waals surface area contributed by atoms with Gasteiger partial charge in [0.2, 0.25) is 11.7 Å². The SMILES string of the molecule is CCCC(CN)c1nc(-c2ccc3ccccc3n2)no1. The van der Waals surface area contributed by atoms with Crippen LogP contribution in [0.1, 0.15) is 31.6 Å². The molecule has 21 heavy (non-hydrogen) atoms. The number of pyridine rings is 1. The van der Waals surface area contributed by atoms with E-state index in [9.17, 15) is 0 Å². The molecular formula is C16H18N4O. The van der Waals surface area contributed by atoms with Crippen molar-refractivity contribution in [1.29, 1.82) is 0 Å². The fourth-order valence-electron chi connectivity index (χ4n) is 2.39. The van der Waals surface area contributed by atoms with E-state index >= 15 is 0 Å².